The van der Waals surface area contributed by atoms with Crippen molar-refractivity contribution in [3.63, 3.8) is 0 Å². The Kier molecular flexibility index (Phi) is 3.47. The zero-order valence-corrected chi connectivity index (χ0v) is 7.96. The standard InChI is InChI=1S/C9H19FN2/c1-7(10)5-8-6-12(2)4-3-9(8)11/h7-9H,3-6,11H2,1-2H3. The van der Waals surface area contributed by atoms with Crippen molar-refractivity contribution in [1.29, 1.82) is 0 Å². The molecular weight excluding hydrogens is 155 g/mol. The minimum atomic E-state index is -0.715. The van der Waals surface area contributed by atoms with Gasteiger partial charge >= 0.3 is 0 Å². The Morgan fingerprint density at radius 3 is 2.92 bits per heavy atom. The Balaban J connectivity index is 2.38. The average Bonchev–Trinajstić information content (AvgIpc) is 1.96. The van der Waals surface area contributed by atoms with E-state index >= 15 is 0 Å². The molecule has 0 spiro atoms. The molecule has 1 fully saturated rings. The first kappa shape index (κ1) is 9.93. The molecule has 0 bridgehead atoms. The topological polar surface area (TPSA) is 29.3 Å². The molecule has 0 aromatic carbocycles. The molecule has 0 aliphatic carbocycles. The molecule has 1 aliphatic heterocycles. The number of likely N-dealkylation sites (tertiary alicyclic amines) is 1. The Hall–Kier alpha value is -0.150. The Morgan fingerprint density at radius 1 is 1.67 bits per heavy atom. The molecule has 0 saturated carbocycles. The average molecular weight is 174 g/mol. The summed E-state index contributed by atoms with van der Waals surface area (Å²) in [7, 11) is 2.07. The largest absolute Gasteiger partial charge is 0.327 e. The molecule has 0 amide bonds. The molecule has 0 aromatic heterocycles. The molecule has 2 nitrogen and oxygen atoms in total. The van der Waals surface area contributed by atoms with Gasteiger partial charge in [-0.2, -0.15) is 0 Å². The van der Waals surface area contributed by atoms with Crippen LogP contribution in [-0.2, 0) is 0 Å². The highest BCUT2D eigenvalue weighted by molar-refractivity contribution is 4.82. The van der Waals surface area contributed by atoms with Crippen LogP contribution in [0.1, 0.15) is 19.8 Å². The van der Waals surface area contributed by atoms with Gasteiger partial charge in [-0.3, -0.25) is 0 Å². The number of nitrogens with zero attached hydrogens (tertiary/aromatic N) is 1. The Bertz CT molecular complexity index is 136. The molecule has 2 N–H and O–H groups in total. The summed E-state index contributed by atoms with van der Waals surface area (Å²) in [6.45, 7) is 3.62. The van der Waals surface area contributed by atoms with Crippen LogP contribution in [0.15, 0.2) is 0 Å². The molecule has 1 heterocycles. The van der Waals surface area contributed by atoms with Crippen molar-refractivity contribution in [2.45, 2.75) is 32.0 Å². The molecule has 3 unspecified atom stereocenters. The fourth-order valence-corrected chi connectivity index (χ4v) is 1.90. The van der Waals surface area contributed by atoms with Crippen LogP contribution in [0.4, 0.5) is 4.39 Å². The zero-order valence-electron chi connectivity index (χ0n) is 7.96. The minimum Gasteiger partial charge on any atom is -0.327 e. The van der Waals surface area contributed by atoms with Crippen molar-refractivity contribution in [2.75, 3.05) is 20.1 Å². The maximum atomic E-state index is 12.7. The molecular formula is C9H19FN2. The maximum absolute atomic E-state index is 12.7. The summed E-state index contributed by atoms with van der Waals surface area (Å²) in [6, 6.07) is 0.208. The maximum Gasteiger partial charge on any atom is 0.0977 e. The van der Waals surface area contributed by atoms with E-state index in [1.165, 1.54) is 0 Å². The molecule has 1 saturated heterocycles. The van der Waals surface area contributed by atoms with Crippen molar-refractivity contribution < 1.29 is 4.39 Å². The number of halogens is 1. The summed E-state index contributed by atoms with van der Waals surface area (Å²) >= 11 is 0. The van der Waals surface area contributed by atoms with Gasteiger partial charge in [-0.05, 0) is 39.3 Å². The molecule has 1 rings (SSSR count). The number of nitrogens with two attached hydrogens (primary N) is 1. The fourth-order valence-electron chi connectivity index (χ4n) is 1.90. The highest BCUT2D eigenvalue weighted by atomic mass is 19.1. The summed E-state index contributed by atoms with van der Waals surface area (Å²) in [5.41, 5.74) is 5.90. The minimum absolute atomic E-state index is 0.208. The Labute approximate surface area is 73.9 Å². The van der Waals surface area contributed by atoms with Gasteiger partial charge in [0, 0.05) is 12.6 Å². The lowest BCUT2D eigenvalue weighted by Gasteiger charge is -2.35. The van der Waals surface area contributed by atoms with E-state index in [1.807, 2.05) is 0 Å². The lowest BCUT2D eigenvalue weighted by atomic mass is 9.89. The first-order valence-corrected chi connectivity index (χ1v) is 4.67. The molecule has 72 valence electrons. The van der Waals surface area contributed by atoms with Crippen molar-refractivity contribution in [2.24, 2.45) is 11.7 Å². The lowest BCUT2D eigenvalue weighted by Crippen LogP contribution is -2.46. The van der Waals surface area contributed by atoms with Gasteiger partial charge < -0.3 is 10.6 Å². The van der Waals surface area contributed by atoms with Crippen LogP contribution < -0.4 is 5.73 Å². The number of hydrogen-bond donors (Lipinski definition) is 1. The SMILES string of the molecule is CC(F)CC1CN(C)CCC1N. The smallest absolute Gasteiger partial charge is 0.0977 e. The second-order valence-electron chi connectivity index (χ2n) is 3.99. The number of hydrogen-bond acceptors (Lipinski definition) is 2. The summed E-state index contributed by atoms with van der Waals surface area (Å²) in [5, 5.41) is 0. The third-order valence-corrected chi connectivity index (χ3v) is 2.62. The first-order chi connectivity index (χ1) is 5.59. The lowest BCUT2D eigenvalue weighted by molar-refractivity contribution is 0.151. The molecule has 12 heavy (non-hydrogen) atoms. The predicted octanol–water partition coefficient (Wildman–Crippen LogP) is 1.01. The first-order valence-electron chi connectivity index (χ1n) is 4.67. The monoisotopic (exact) mass is 174 g/mol. The van der Waals surface area contributed by atoms with E-state index in [0.29, 0.717) is 12.3 Å². The fraction of sp³-hybridized carbons (Fsp3) is 1.00. The summed E-state index contributed by atoms with van der Waals surface area (Å²) in [5.74, 6) is 0.351. The zero-order chi connectivity index (χ0) is 9.14. The van der Waals surface area contributed by atoms with Crippen LogP contribution in [0.2, 0.25) is 0 Å². The van der Waals surface area contributed by atoms with Gasteiger partial charge in [0.1, 0.15) is 0 Å². The van der Waals surface area contributed by atoms with E-state index in [4.69, 9.17) is 5.73 Å². The summed E-state index contributed by atoms with van der Waals surface area (Å²) in [6.07, 6.45) is 0.909. The Morgan fingerprint density at radius 2 is 2.33 bits per heavy atom. The van der Waals surface area contributed by atoms with E-state index in [1.54, 1.807) is 6.92 Å². The van der Waals surface area contributed by atoms with Gasteiger partial charge in [-0.25, -0.2) is 4.39 Å². The third-order valence-electron chi connectivity index (χ3n) is 2.62. The second-order valence-corrected chi connectivity index (χ2v) is 3.99. The molecule has 1 aliphatic rings. The van der Waals surface area contributed by atoms with Crippen LogP contribution in [0.3, 0.4) is 0 Å². The number of piperidine rings is 1. The molecule has 0 aromatic rings. The van der Waals surface area contributed by atoms with E-state index in [0.717, 1.165) is 19.5 Å². The highest BCUT2D eigenvalue weighted by Gasteiger charge is 2.25. The van der Waals surface area contributed by atoms with Crippen LogP contribution in [-0.4, -0.2) is 37.3 Å². The van der Waals surface area contributed by atoms with Crippen molar-refractivity contribution >= 4 is 0 Å². The third kappa shape index (κ3) is 2.72. The van der Waals surface area contributed by atoms with E-state index in [-0.39, 0.29) is 6.04 Å². The van der Waals surface area contributed by atoms with Crippen LogP contribution in [0, 0.1) is 5.92 Å². The number of rotatable bonds is 2. The van der Waals surface area contributed by atoms with Crippen molar-refractivity contribution in [3.05, 3.63) is 0 Å². The normalized spacial score (nSPS) is 35.0. The van der Waals surface area contributed by atoms with Gasteiger partial charge in [0.2, 0.25) is 0 Å². The second kappa shape index (κ2) is 4.19. The van der Waals surface area contributed by atoms with Gasteiger partial charge in [-0.1, -0.05) is 0 Å². The van der Waals surface area contributed by atoms with Crippen LogP contribution in [0.5, 0.6) is 0 Å². The van der Waals surface area contributed by atoms with Gasteiger partial charge in [0.05, 0.1) is 6.17 Å². The van der Waals surface area contributed by atoms with E-state index < -0.39 is 6.17 Å². The van der Waals surface area contributed by atoms with E-state index in [2.05, 4.69) is 11.9 Å². The summed E-state index contributed by atoms with van der Waals surface area (Å²) in [4.78, 5) is 2.23. The molecule has 3 heteroatoms. The van der Waals surface area contributed by atoms with E-state index in [9.17, 15) is 4.39 Å². The quantitative estimate of drug-likeness (QED) is 0.677. The molecule has 0 radical (unpaired) electrons. The van der Waals surface area contributed by atoms with Crippen LogP contribution >= 0.6 is 0 Å². The van der Waals surface area contributed by atoms with Gasteiger partial charge in [0.15, 0.2) is 0 Å². The summed E-state index contributed by atoms with van der Waals surface area (Å²) < 4.78 is 12.7. The molecule has 3 atom stereocenters. The van der Waals surface area contributed by atoms with Crippen molar-refractivity contribution in [1.82, 2.24) is 4.90 Å². The highest BCUT2D eigenvalue weighted by Crippen LogP contribution is 2.20. The van der Waals surface area contributed by atoms with Crippen LogP contribution in [0.25, 0.3) is 0 Å². The predicted molar refractivity (Wildman–Crippen MR) is 48.8 cm³/mol. The van der Waals surface area contributed by atoms with Gasteiger partial charge in [-0.15, -0.1) is 0 Å². The number of alkyl halides is 1. The van der Waals surface area contributed by atoms with Gasteiger partial charge in [0.25, 0.3) is 0 Å². The van der Waals surface area contributed by atoms with Crippen molar-refractivity contribution in [3.8, 4) is 0 Å².